The molecule has 0 radical (unpaired) electrons. The van der Waals surface area contributed by atoms with Crippen LogP contribution in [0.2, 0.25) is 0 Å². The van der Waals surface area contributed by atoms with Gasteiger partial charge in [-0.2, -0.15) is 5.10 Å². The zero-order valence-electron chi connectivity index (χ0n) is 16.3. The summed E-state index contributed by atoms with van der Waals surface area (Å²) in [6, 6.07) is 15.3. The van der Waals surface area contributed by atoms with Crippen LogP contribution in [0.5, 0.6) is 0 Å². The summed E-state index contributed by atoms with van der Waals surface area (Å²) in [4.78, 5) is 27.3. The molecule has 0 spiro atoms. The number of para-hydroxylation sites is 1. The lowest BCUT2D eigenvalue weighted by Crippen LogP contribution is -2.34. The number of hydrogen-bond donors (Lipinski definition) is 0. The Morgan fingerprint density at radius 1 is 0.926 bits per heavy atom. The normalized spacial score (nSPS) is 10.7. The number of nitrogens with zero attached hydrogens (tertiary/aromatic N) is 3. The second-order valence-electron chi connectivity index (χ2n) is 6.71. The van der Waals surface area contributed by atoms with E-state index in [0.717, 1.165) is 22.5 Å². The average molecular weight is 361 g/mol. The van der Waals surface area contributed by atoms with Crippen molar-refractivity contribution in [3.05, 3.63) is 76.6 Å². The quantitative estimate of drug-likeness (QED) is 0.522. The molecule has 3 aromatic rings. The van der Waals surface area contributed by atoms with Crippen LogP contribution in [-0.2, 0) is 4.79 Å². The van der Waals surface area contributed by atoms with Crippen LogP contribution in [0.3, 0.4) is 0 Å². The Kier molecular flexibility index (Phi) is 4.95. The fraction of sp³-hybridized carbons (Fsp3) is 0.227. The Labute approximate surface area is 159 Å². The molecule has 138 valence electrons. The number of amides is 1. The van der Waals surface area contributed by atoms with Gasteiger partial charge in [-0.25, -0.2) is 4.68 Å². The molecule has 0 saturated carbocycles. The highest BCUT2D eigenvalue weighted by molar-refractivity contribution is 6.47. The number of anilines is 1. The first-order valence-corrected chi connectivity index (χ1v) is 8.83. The van der Waals surface area contributed by atoms with E-state index in [1.54, 1.807) is 18.7 Å². The zero-order chi connectivity index (χ0) is 19.7. The number of aryl methyl sites for hydroxylation is 2. The van der Waals surface area contributed by atoms with Crippen molar-refractivity contribution in [2.45, 2.75) is 27.7 Å². The monoisotopic (exact) mass is 361 g/mol. The zero-order valence-corrected chi connectivity index (χ0v) is 16.3. The standard InChI is InChI=1S/C22H23N3O2/c1-14-10-9-13-19(15(14)2)24(5)22(27)21(26)20-16(3)23-25(17(20)4)18-11-7-6-8-12-18/h6-13H,1-5H3. The molecule has 1 aromatic heterocycles. The number of hydrogen-bond acceptors (Lipinski definition) is 3. The average Bonchev–Trinajstić information content (AvgIpc) is 2.97. The summed E-state index contributed by atoms with van der Waals surface area (Å²) in [6.45, 7) is 7.50. The van der Waals surface area contributed by atoms with Crippen LogP contribution in [-0.4, -0.2) is 28.5 Å². The number of rotatable bonds is 4. The fourth-order valence-electron chi connectivity index (χ4n) is 3.26. The minimum Gasteiger partial charge on any atom is -0.308 e. The minimum atomic E-state index is -0.567. The smallest absolute Gasteiger partial charge is 0.299 e. The van der Waals surface area contributed by atoms with E-state index in [0.29, 0.717) is 17.0 Å². The number of aromatic nitrogens is 2. The van der Waals surface area contributed by atoms with Gasteiger partial charge in [-0.05, 0) is 57.0 Å². The molecule has 2 aromatic carbocycles. The third-order valence-corrected chi connectivity index (χ3v) is 4.96. The maximum atomic E-state index is 13.0. The van der Waals surface area contributed by atoms with E-state index in [2.05, 4.69) is 5.10 Å². The van der Waals surface area contributed by atoms with Crippen molar-refractivity contribution in [3.63, 3.8) is 0 Å². The summed E-state index contributed by atoms with van der Waals surface area (Å²) in [6.07, 6.45) is 0. The third kappa shape index (κ3) is 3.28. The van der Waals surface area contributed by atoms with Gasteiger partial charge in [0.25, 0.3) is 11.7 Å². The van der Waals surface area contributed by atoms with Crippen LogP contribution in [0.25, 0.3) is 5.69 Å². The first-order chi connectivity index (χ1) is 12.8. The van der Waals surface area contributed by atoms with Crippen LogP contribution in [0, 0.1) is 27.7 Å². The molecule has 0 bridgehead atoms. The molecule has 1 amide bonds. The van der Waals surface area contributed by atoms with Crippen molar-refractivity contribution in [2.24, 2.45) is 0 Å². The van der Waals surface area contributed by atoms with Crippen LogP contribution in [0.15, 0.2) is 48.5 Å². The third-order valence-electron chi connectivity index (χ3n) is 4.96. The number of ketones is 1. The summed E-state index contributed by atoms with van der Waals surface area (Å²) >= 11 is 0. The molecule has 0 aliphatic carbocycles. The van der Waals surface area contributed by atoms with E-state index in [1.807, 2.05) is 69.3 Å². The second kappa shape index (κ2) is 7.19. The number of carbonyl (C=O) groups excluding carboxylic acids is 2. The molecule has 5 nitrogen and oxygen atoms in total. The minimum absolute atomic E-state index is 0.362. The van der Waals surface area contributed by atoms with Crippen LogP contribution in [0.4, 0.5) is 5.69 Å². The van der Waals surface area contributed by atoms with Gasteiger partial charge in [0.05, 0.1) is 22.6 Å². The largest absolute Gasteiger partial charge is 0.308 e. The Bertz CT molecular complexity index is 1020. The van der Waals surface area contributed by atoms with Crippen LogP contribution >= 0.6 is 0 Å². The van der Waals surface area contributed by atoms with E-state index in [-0.39, 0.29) is 0 Å². The Balaban J connectivity index is 1.97. The van der Waals surface area contributed by atoms with Crippen molar-refractivity contribution in [2.75, 3.05) is 11.9 Å². The molecule has 0 atom stereocenters. The number of Topliss-reactive ketones (excluding diaryl/α,β-unsaturated/α-hetero) is 1. The summed E-state index contributed by atoms with van der Waals surface area (Å²) in [5.41, 5.74) is 5.21. The number of carbonyl (C=O) groups is 2. The fourth-order valence-corrected chi connectivity index (χ4v) is 3.26. The first kappa shape index (κ1) is 18.6. The van der Waals surface area contributed by atoms with Crippen molar-refractivity contribution < 1.29 is 9.59 Å². The predicted molar refractivity (Wildman–Crippen MR) is 107 cm³/mol. The molecule has 1 heterocycles. The maximum Gasteiger partial charge on any atom is 0.299 e. The van der Waals surface area contributed by atoms with Gasteiger partial charge in [0, 0.05) is 12.7 Å². The van der Waals surface area contributed by atoms with Gasteiger partial charge in [-0.1, -0.05) is 30.3 Å². The van der Waals surface area contributed by atoms with E-state index in [1.165, 1.54) is 4.90 Å². The molecule has 0 unspecified atom stereocenters. The van der Waals surface area contributed by atoms with Crippen molar-refractivity contribution >= 4 is 17.4 Å². The maximum absolute atomic E-state index is 13.0. The SMILES string of the molecule is Cc1cccc(N(C)C(=O)C(=O)c2c(C)nn(-c3ccccc3)c2C)c1C. The molecule has 3 rings (SSSR count). The molecular formula is C22H23N3O2. The van der Waals surface area contributed by atoms with Crippen LogP contribution in [0.1, 0.15) is 32.9 Å². The number of likely N-dealkylation sites (N-methyl/N-ethyl adjacent to an activating group) is 1. The molecule has 5 heteroatoms. The molecule has 0 N–H and O–H groups in total. The van der Waals surface area contributed by atoms with E-state index in [9.17, 15) is 9.59 Å². The van der Waals surface area contributed by atoms with Crippen LogP contribution < -0.4 is 4.90 Å². The van der Waals surface area contributed by atoms with Crippen molar-refractivity contribution in [1.82, 2.24) is 9.78 Å². The van der Waals surface area contributed by atoms with Crippen molar-refractivity contribution in [3.8, 4) is 5.69 Å². The lowest BCUT2D eigenvalue weighted by Gasteiger charge is -2.20. The van der Waals surface area contributed by atoms with Crippen molar-refractivity contribution in [1.29, 1.82) is 0 Å². The van der Waals surface area contributed by atoms with Gasteiger partial charge in [-0.3, -0.25) is 9.59 Å². The molecule has 0 saturated heterocycles. The van der Waals surface area contributed by atoms with Gasteiger partial charge in [0.15, 0.2) is 0 Å². The Morgan fingerprint density at radius 2 is 1.59 bits per heavy atom. The van der Waals surface area contributed by atoms with E-state index in [4.69, 9.17) is 0 Å². The molecular weight excluding hydrogens is 338 g/mol. The number of benzene rings is 2. The molecule has 27 heavy (non-hydrogen) atoms. The summed E-state index contributed by atoms with van der Waals surface area (Å²) < 4.78 is 1.70. The highest BCUT2D eigenvalue weighted by Crippen LogP contribution is 2.24. The predicted octanol–water partition coefficient (Wildman–Crippen LogP) is 3.95. The molecule has 0 aliphatic heterocycles. The van der Waals surface area contributed by atoms with E-state index >= 15 is 0 Å². The topological polar surface area (TPSA) is 55.2 Å². The first-order valence-electron chi connectivity index (χ1n) is 8.83. The summed E-state index contributed by atoms with van der Waals surface area (Å²) in [7, 11) is 1.63. The second-order valence-corrected chi connectivity index (χ2v) is 6.71. The van der Waals surface area contributed by atoms with Gasteiger partial charge >= 0.3 is 0 Å². The lowest BCUT2D eigenvalue weighted by molar-refractivity contribution is -0.114. The highest BCUT2D eigenvalue weighted by Gasteiger charge is 2.28. The van der Waals surface area contributed by atoms with Gasteiger partial charge in [0.2, 0.25) is 0 Å². The summed E-state index contributed by atoms with van der Waals surface area (Å²) in [5.74, 6) is -1.11. The van der Waals surface area contributed by atoms with E-state index < -0.39 is 11.7 Å². The van der Waals surface area contributed by atoms with Gasteiger partial charge in [0.1, 0.15) is 0 Å². The molecule has 0 aliphatic rings. The van der Waals surface area contributed by atoms with Gasteiger partial charge in [-0.15, -0.1) is 0 Å². The summed E-state index contributed by atoms with van der Waals surface area (Å²) in [5, 5.41) is 4.47. The van der Waals surface area contributed by atoms with Gasteiger partial charge < -0.3 is 4.90 Å². The Morgan fingerprint density at radius 3 is 2.26 bits per heavy atom. The Hall–Kier alpha value is -3.21. The lowest BCUT2D eigenvalue weighted by atomic mass is 10.1. The molecule has 0 fully saturated rings. The highest BCUT2D eigenvalue weighted by atomic mass is 16.2.